The van der Waals surface area contributed by atoms with Crippen LogP contribution < -0.4 is 10.6 Å². The van der Waals surface area contributed by atoms with Crippen LogP contribution in [-0.4, -0.2) is 27.8 Å². The zero-order chi connectivity index (χ0) is 24.8. The third kappa shape index (κ3) is 4.57. The molecule has 3 heterocycles. The highest BCUT2D eigenvalue weighted by Gasteiger charge is 2.47. The molecule has 1 aromatic heterocycles. The van der Waals surface area contributed by atoms with E-state index in [4.69, 9.17) is 11.6 Å². The van der Waals surface area contributed by atoms with Crippen molar-refractivity contribution in [2.75, 3.05) is 6.54 Å². The van der Waals surface area contributed by atoms with Crippen LogP contribution in [-0.2, 0) is 13.2 Å². The van der Waals surface area contributed by atoms with Crippen molar-refractivity contribution in [1.29, 1.82) is 0 Å². The van der Waals surface area contributed by atoms with Crippen LogP contribution in [0.5, 0.6) is 0 Å². The van der Waals surface area contributed by atoms with Crippen LogP contribution in [0.4, 0.5) is 13.2 Å². The molecule has 1 aliphatic carbocycles. The largest absolute Gasteiger partial charge is 0.417 e. The number of nitrogens with one attached hydrogen (secondary N) is 2. The van der Waals surface area contributed by atoms with Gasteiger partial charge in [-0.05, 0) is 67.5 Å². The van der Waals surface area contributed by atoms with Crippen LogP contribution in [0.2, 0.25) is 5.02 Å². The van der Waals surface area contributed by atoms with E-state index in [-0.39, 0.29) is 11.1 Å². The van der Waals surface area contributed by atoms with E-state index < -0.39 is 28.7 Å². The number of carbonyl (C=O) groups is 1. The summed E-state index contributed by atoms with van der Waals surface area (Å²) in [5, 5.41) is 10.4. The number of alkyl halides is 3. The van der Waals surface area contributed by atoms with E-state index in [1.165, 1.54) is 12.1 Å². The summed E-state index contributed by atoms with van der Waals surface area (Å²) in [4.78, 5) is 13.4. The second kappa shape index (κ2) is 8.99. The second-order valence-electron chi connectivity index (χ2n) is 9.58. The lowest BCUT2D eigenvalue weighted by molar-refractivity contribution is -0.137. The van der Waals surface area contributed by atoms with Gasteiger partial charge in [-0.25, -0.2) is 0 Å². The molecule has 2 saturated heterocycles. The molecule has 3 aliphatic rings. The Balaban J connectivity index is 1.53. The number of rotatable bonds is 5. The lowest BCUT2D eigenvalue weighted by atomic mass is 9.67. The molecule has 1 saturated carbocycles. The molecule has 2 N–H and O–H groups in total. The van der Waals surface area contributed by atoms with E-state index in [1.54, 1.807) is 10.9 Å². The van der Waals surface area contributed by atoms with Crippen molar-refractivity contribution in [3.8, 4) is 11.1 Å². The normalized spacial score (nSPS) is 22.7. The predicted octanol–water partition coefficient (Wildman–Crippen LogP) is 5.76. The Morgan fingerprint density at radius 3 is 2.57 bits per heavy atom. The van der Waals surface area contributed by atoms with Gasteiger partial charge in [-0.2, -0.15) is 18.3 Å². The standard InChI is InChI=1S/C26H26ClF3N4O/c1-34-15-19(14-32-34)17-4-2-5-18(12-17)23(25-10-8-16(9-11-25)13-31-25)33-24(35)20-6-3-7-21(22(20)27)26(28,29)30/h2-7,12,14-16,23,31H,8-11,13H2,1H3,(H,33,35)/t16?,23-,25?/m0/s1. The monoisotopic (exact) mass is 502 g/mol. The fraction of sp³-hybridized carbons (Fsp3) is 0.385. The zero-order valence-corrected chi connectivity index (χ0v) is 20.0. The summed E-state index contributed by atoms with van der Waals surface area (Å²) in [7, 11) is 1.85. The average molecular weight is 503 g/mol. The number of aryl methyl sites for hydroxylation is 1. The summed E-state index contributed by atoms with van der Waals surface area (Å²) in [5.74, 6) is -0.00498. The Bertz CT molecular complexity index is 1230. The Labute approximate surface area is 206 Å². The molecule has 9 heteroatoms. The molecular weight excluding hydrogens is 477 g/mol. The van der Waals surface area contributed by atoms with Gasteiger partial charge in [0.15, 0.2) is 0 Å². The molecule has 2 aromatic carbocycles. The Kier molecular flexibility index (Phi) is 6.13. The van der Waals surface area contributed by atoms with Crippen molar-refractivity contribution in [3.05, 3.63) is 76.6 Å². The number of halogens is 4. The Morgan fingerprint density at radius 1 is 1.20 bits per heavy atom. The number of benzene rings is 2. The molecule has 6 rings (SSSR count). The highest BCUT2D eigenvalue weighted by atomic mass is 35.5. The zero-order valence-electron chi connectivity index (χ0n) is 19.2. The van der Waals surface area contributed by atoms with Crippen LogP contribution in [0.15, 0.2) is 54.9 Å². The van der Waals surface area contributed by atoms with Crippen molar-refractivity contribution < 1.29 is 18.0 Å². The van der Waals surface area contributed by atoms with Crippen LogP contribution in [0.3, 0.4) is 0 Å². The van der Waals surface area contributed by atoms with E-state index in [1.807, 2.05) is 37.5 Å². The maximum absolute atomic E-state index is 13.4. The molecule has 3 aromatic rings. The first kappa shape index (κ1) is 23.9. The smallest absolute Gasteiger partial charge is 0.343 e. The van der Waals surface area contributed by atoms with Gasteiger partial charge in [-0.1, -0.05) is 35.9 Å². The summed E-state index contributed by atoms with van der Waals surface area (Å²) >= 11 is 6.08. The van der Waals surface area contributed by atoms with Crippen LogP contribution in [0.1, 0.15) is 53.2 Å². The van der Waals surface area contributed by atoms with Crippen LogP contribution in [0.25, 0.3) is 11.1 Å². The fourth-order valence-corrected chi connectivity index (χ4v) is 5.77. The highest BCUT2D eigenvalue weighted by Crippen LogP contribution is 2.45. The summed E-state index contributed by atoms with van der Waals surface area (Å²) in [6, 6.07) is 10.9. The molecule has 3 fully saturated rings. The minimum atomic E-state index is -4.65. The van der Waals surface area contributed by atoms with Gasteiger partial charge in [-0.15, -0.1) is 0 Å². The van der Waals surface area contributed by atoms with Gasteiger partial charge in [0.1, 0.15) is 0 Å². The molecule has 184 valence electrons. The predicted molar refractivity (Wildman–Crippen MR) is 128 cm³/mol. The maximum atomic E-state index is 13.4. The van der Waals surface area contributed by atoms with E-state index in [2.05, 4.69) is 15.7 Å². The lowest BCUT2D eigenvalue weighted by Crippen LogP contribution is -2.62. The SMILES string of the molecule is Cn1cc(-c2cccc([C@H](NC(=O)c3cccc(C(F)(F)F)c3Cl)C34CCC(CC3)CN4)c2)cn1. The summed E-state index contributed by atoms with van der Waals surface area (Å²) in [6.45, 7) is 0.860. The van der Waals surface area contributed by atoms with Crippen LogP contribution >= 0.6 is 11.6 Å². The number of fused-ring (bicyclic) bond motifs is 3. The molecule has 0 radical (unpaired) electrons. The number of hydrogen-bond acceptors (Lipinski definition) is 3. The van der Waals surface area contributed by atoms with E-state index in [0.717, 1.165) is 55.0 Å². The van der Waals surface area contributed by atoms with Crippen molar-refractivity contribution in [2.45, 2.75) is 43.4 Å². The number of carbonyl (C=O) groups excluding carboxylic acids is 1. The topological polar surface area (TPSA) is 59.0 Å². The molecule has 1 amide bonds. The maximum Gasteiger partial charge on any atom is 0.417 e. The quantitative estimate of drug-likeness (QED) is 0.466. The molecule has 5 nitrogen and oxygen atoms in total. The second-order valence-corrected chi connectivity index (χ2v) is 9.96. The Hall–Kier alpha value is -2.84. The molecule has 0 unspecified atom stereocenters. The van der Waals surface area contributed by atoms with Crippen molar-refractivity contribution in [2.24, 2.45) is 13.0 Å². The Morgan fingerprint density at radius 2 is 1.94 bits per heavy atom. The number of hydrogen-bond donors (Lipinski definition) is 2. The molecule has 2 aliphatic heterocycles. The van der Waals surface area contributed by atoms with Gasteiger partial charge in [0.2, 0.25) is 0 Å². The molecular formula is C26H26ClF3N4O. The molecule has 0 spiro atoms. The van der Waals surface area contributed by atoms with E-state index in [0.29, 0.717) is 5.92 Å². The number of aromatic nitrogens is 2. The summed E-state index contributed by atoms with van der Waals surface area (Å²) in [6.07, 6.45) is 2.88. The van der Waals surface area contributed by atoms with Crippen molar-refractivity contribution in [1.82, 2.24) is 20.4 Å². The fourth-order valence-electron chi connectivity index (χ4n) is 5.46. The van der Waals surface area contributed by atoms with E-state index in [9.17, 15) is 18.0 Å². The van der Waals surface area contributed by atoms with Crippen molar-refractivity contribution in [3.63, 3.8) is 0 Å². The van der Waals surface area contributed by atoms with Gasteiger partial charge >= 0.3 is 6.18 Å². The molecule has 1 atom stereocenters. The number of nitrogens with zero attached hydrogens (tertiary/aromatic N) is 2. The van der Waals surface area contributed by atoms with Gasteiger partial charge < -0.3 is 10.6 Å². The molecule has 35 heavy (non-hydrogen) atoms. The first-order chi connectivity index (χ1) is 16.7. The highest BCUT2D eigenvalue weighted by molar-refractivity contribution is 6.34. The van der Waals surface area contributed by atoms with Gasteiger partial charge in [0.05, 0.1) is 28.4 Å². The molecule has 2 bridgehead atoms. The average Bonchev–Trinajstić information content (AvgIpc) is 3.29. The van der Waals surface area contributed by atoms with Gasteiger partial charge in [0, 0.05) is 24.3 Å². The van der Waals surface area contributed by atoms with Gasteiger partial charge in [-0.3, -0.25) is 9.48 Å². The first-order valence-electron chi connectivity index (χ1n) is 11.7. The van der Waals surface area contributed by atoms with E-state index >= 15 is 0 Å². The third-order valence-corrected chi connectivity index (χ3v) is 7.78. The summed E-state index contributed by atoms with van der Waals surface area (Å²) < 4.78 is 41.9. The van der Waals surface area contributed by atoms with Gasteiger partial charge in [0.25, 0.3) is 5.91 Å². The first-order valence-corrected chi connectivity index (χ1v) is 12.0. The number of amides is 1. The minimum absolute atomic E-state index is 0.184. The lowest BCUT2D eigenvalue weighted by Gasteiger charge is -2.52. The van der Waals surface area contributed by atoms with Crippen molar-refractivity contribution >= 4 is 17.5 Å². The summed E-state index contributed by atoms with van der Waals surface area (Å²) in [5.41, 5.74) is 1.19. The number of piperidine rings is 2. The van der Waals surface area contributed by atoms with Crippen LogP contribution in [0, 0.1) is 5.92 Å². The minimum Gasteiger partial charge on any atom is -0.343 e. The third-order valence-electron chi connectivity index (χ3n) is 7.38.